The third-order valence-electron chi connectivity index (χ3n) is 4.40. The molecule has 1 fully saturated rings. The van der Waals surface area contributed by atoms with Crippen molar-refractivity contribution < 1.29 is 9.90 Å². The minimum absolute atomic E-state index is 0.0503. The van der Waals surface area contributed by atoms with E-state index in [1.807, 2.05) is 30.3 Å². The fourth-order valence-electron chi connectivity index (χ4n) is 2.80. The highest BCUT2D eigenvalue weighted by molar-refractivity contribution is 6.03. The van der Waals surface area contributed by atoms with Gasteiger partial charge in [0.05, 0.1) is 5.56 Å². The zero-order valence-electron chi connectivity index (χ0n) is 11.9. The standard InChI is InChI=1S/C17H20N2O2/c18-10-9-17(7-8-17)11-19-16(21)14-6-5-12-3-1-2-4-13(12)15(14)20/h1-6,20H,7-11,18H2,(H,19,21). The number of benzene rings is 2. The summed E-state index contributed by atoms with van der Waals surface area (Å²) in [5, 5.41) is 14.9. The Labute approximate surface area is 124 Å². The Hall–Kier alpha value is -2.07. The quantitative estimate of drug-likeness (QED) is 0.789. The fourth-order valence-corrected chi connectivity index (χ4v) is 2.80. The van der Waals surface area contributed by atoms with E-state index < -0.39 is 0 Å². The van der Waals surface area contributed by atoms with Crippen LogP contribution in [0, 0.1) is 5.41 Å². The summed E-state index contributed by atoms with van der Waals surface area (Å²) in [5.41, 5.74) is 6.13. The number of phenolic OH excluding ortho intramolecular Hbond substituents is 1. The van der Waals surface area contributed by atoms with Gasteiger partial charge in [0.25, 0.3) is 5.91 Å². The van der Waals surface area contributed by atoms with Crippen LogP contribution in [0.4, 0.5) is 0 Å². The van der Waals surface area contributed by atoms with Crippen molar-refractivity contribution in [3.05, 3.63) is 42.0 Å². The first-order valence-corrected chi connectivity index (χ1v) is 7.34. The molecule has 4 nitrogen and oxygen atoms in total. The number of amides is 1. The molecule has 0 unspecified atom stereocenters. The van der Waals surface area contributed by atoms with Gasteiger partial charge in [-0.05, 0) is 42.7 Å². The molecule has 2 aromatic rings. The van der Waals surface area contributed by atoms with Crippen LogP contribution in [0.15, 0.2) is 36.4 Å². The Bertz CT molecular complexity index is 678. The van der Waals surface area contributed by atoms with Crippen LogP contribution in [0.1, 0.15) is 29.6 Å². The van der Waals surface area contributed by atoms with Crippen LogP contribution in [0.25, 0.3) is 10.8 Å². The average molecular weight is 284 g/mol. The maximum Gasteiger partial charge on any atom is 0.255 e. The third-order valence-corrected chi connectivity index (χ3v) is 4.40. The first-order chi connectivity index (χ1) is 10.2. The smallest absolute Gasteiger partial charge is 0.255 e. The number of hydrogen-bond acceptors (Lipinski definition) is 3. The molecule has 0 aliphatic heterocycles. The fraction of sp³-hybridized carbons (Fsp3) is 0.353. The van der Waals surface area contributed by atoms with Crippen molar-refractivity contribution >= 4 is 16.7 Å². The SMILES string of the molecule is NCCC1(CNC(=O)c2ccc3ccccc3c2O)CC1. The molecule has 0 heterocycles. The summed E-state index contributed by atoms with van der Waals surface area (Å²) >= 11 is 0. The van der Waals surface area contributed by atoms with Gasteiger partial charge in [-0.2, -0.15) is 0 Å². The molecule has 110 valence electrons. The second-order valence-electron chi connectivity index (χ2n) is 5.90. The lowest BCUT2D eigenvalue weighted by atomic mass is 10.0. The molecular weight excluding hydrogens is 264 g/mol. The van der Waals surface area contributed by atoms with Crippen LogP contribution < -0.4 is 11.1 Å². The Morgan fingerprint density at radius 3 is 2.71 bits per heavy atom. The Kier molecular flexibility index (Phi) is 3.55. The summed E-state index contributed by atoms with van der Waals surface area (Å²) in [4.78, 5) is 12.3. The number of rotatable bonds is 5. The van der Waals surface area contributed by atoms with Gasteiger partial charge in [-0.25, -0.2) is 0 Å². The van der Waals surface area contributed by atoms with Crippen LogP contribution in [0.2, 0.25) is 0 Å². The van der Waals surface area contributed by atoms with Gasteiger partial charge < -0.3 is 16.2 Å². The highest BCUT2D eigenvalue weighted by atomic mass is 16.3. The monoisotopic (exact) mass is 284 g/mol. The molecule has 1 amide bonds. The summed E-state index contributed by atoms with van der Waals surface area (Å²) in [6.45, 7) is 1.28. The Morgan fingerprint density at radius 1 is 1.24 bits per heavy atom. The van der Waals surface area contributed by atoms with E-state index in [0.29, 0.717) is 24.0 Å². The molecule has 0 saturated heterocycles. The molecule has 21 heavy (non-hydrogen) atoms. The van der Waals surface area contributed by atoms with E-state index in [4.69, 9.17) is 5.73 Å². The molecule has 0 radical (unpaired) electrons. The van der Waals surface area contributed by atoms with E-state index in [2.05, 4.69) is 5.32 Å². The second-order valence-corrected chi connectivity index (χ2v) is 5.90. The van der Waals surface area contributed by atoms with Gasteiger partial charge in [-0.1, -0.05) is 30.3 Å². The van der Waals surface area contributed by atoms with Gasteiger partial charge in [0, 0.05) is 11.9 Å². The molecule has 2 aromatic carbocycles. The molecule has 1 aliphatic carbocycles. The van der Waals surface area contributed by atoms with E-state index >= 15 is 0 Å². The van der Waals surface area contributed by atoms with E-state index in [1.165, 1.54) is 0 Å². The van der Waals surface area contributed by atoms with Gasteiger partial charge in [-0.3, -0.25) is 4.79 Å². The lowest BCUT2D eigenvalue weighted by Crippen LogP contribution is -2.31. The van der Waals surface area contributed by atoms with Gasteiger partial charge in [-0.15, -0.1) is 0 Å². The first kappa shape index (κ1) is 13.9. The van der Waals surface area contributed by atoms with Gasteiger partial charge in [0.2, 0.25) is 0 Å². The highest BCUT2D eigenvalue weighted by Crippen LogP contribution is 2.47. The molecule has 0 bridgehead atoms. The predicted octanol–water partition coefficient (Wildman–Crippen LogP) is 2.40. The first-order valence-electron chi connectivity index (χ1n) is 7.34. The Balaban J connectivity index is 1.77. The zero-order valence-corrected chi connectivity index (χ0v) is 11.9. The second kappa shape index (κ2) is 5.37. The van der Waals surface area contributed by atoms with Crippen molar-refractivity contribution in [1.29, 1.82) is 0 Å². The largest absolute Gasteiger partial charge is 0.506 e. The number of nitrogens with one attached hydrogen (secondary N) is 1. The number of fused-ring (bicyclic) bond motifs is 1. The van der Waals surface area contributed by atoms with Gasteiger partial charge in [0.15, 0.2) is 0 Å². The molecule has 1 saturated carbocycles. The van der Waals surface area contributed by atoms with Crippen molar-refractivity contribution in [2.75, 3.05) is 13.1 Å². The summed E-state index contributed by atoms with van der Waals surface area (Å²) in [6.07, 6.45) is 3.18. The molecule has 4 heteroatoms. The lowest BCUT2D eigenvalue weighted by molar-refractivity contribution is 0.0941. The third kappa shape index (κ3) is 2.72. The number of carbonyl (C=O) groups is 1. The van der Waals surface area contributed by atoms with Crippen molar-refractivity contribution in [2.45, 2.75) is 19.3 Å². The van der Waals surface area contributed by atoms with Crippen LogP contribution in [-0.4, -0.2) is 24.1 Å². The average Bonchev–Trinajstić information content (AvgIpc) is 3.26. The van der Waals surface area contributed by atoms with Crippen molar-refractivity contribution in [3.63, 3.8) is 0 Å². The number of nitrogens with two attached hydrogens (primary N) is 1. The van der Waals surface area contributed by atoms with E-state index in [0.717, 1.165) is 24.6 Å². The highest BCUT2D eigenvalue weighted by Gasteiger charge is 2.41. The molecule has 3 rings (SSSR count). The zero-order chi connectivity index (χ0) is 14.9. The molecule has 0 atom stereocenters. The van der Waals surface area contributed by atoms with E-state index in [-0.39, 0.29) is 17.1 Å². The summed E-state index contributed by atoms with van der Waals surface area (Å²) in [6, 6.07) is 11.0. The van der Waals surface area contributed by atoms with Crippen molar-refractivity contribution in [3.8, 4) is 5.75 Å². The lowest BCUT2D eigenvalue weighted by Gasteiger charge is -2.15. The molecule has 0 spiro atoms. The van der Waals surface area contributed by atoms with Gasteiger partial charge >= 0.3 is 0 Å². The van der Waals surface area contributed by atoms with Crippen molar-refractivity contribution in [2.24, 2.45) is 11.1 Å². The minimum Gasteiger partial charge on any atom is -0.506 e. The molecule has 1 aliphatic rings. The minimum atomic E-state index is -0.221. The van der Waals surface area contributed by atoms with E-state index in [9.17, 15) is 9.90 Å². The predicted molar refractivity (Wildman–Crippen MR) is 83.3 cm³/mol. The van der Waals surface area contributed by atoms with E-state index in [1.54, 1.807) is 6.07 Å². The van der Waals surface area contributed by atoms with Crippen LogP contribution >= 0.6 is 0 Å². The maximum absolute atomic E-state index is 12.3. The topological polar surface area (TPSA) is 75.3 Å². The maximum atomic E-state index is 12.3. The Morgan fingerprint density at radius 2 is 2.00 bits per heavy atom. The molecular formula is C17H20N2O2. The summed E-state index contributed by atoms with van der Waals surface area (Å²) in [7, 11) is 0. The molecule has 4 N–H and O–H groups in total. The van der Waals surface area contributed by atoms with Crippen LogP contribution in [-0.2, 0) is 0 Å². The van der Waals surface area contributed by atoms with Crippen LogP contribution in [0.5, 0.6) is 5.75 Å². The van der Waals surface area contributed by atoms with Crippen molar-refractivity contribution in [1.82, 2.24) is 5.32 Å². The molecule has 0 aromatic heterocycles. The summed E-state index contributed by atoms with van der Waals surface area (Å²) < 4.78 is 0. The number of carbonyl (C=O) groups excluding carboxylic acids is 1. The number of aromatic hydroxyl groups is 1. The number of hydrogen-bond donors (Lipinski definition) is 3. The number of phenols is 1. The van der Waals surface area contributed by atoms with Gasteiger partial charge in [0.1, 0.15) is 5.75 Å². The van der Waals surface area contributed by atoms with Crippen LogP contribution in [0.3, 0.4) is 0 Å². The summed E-state index contributed by atoms with van der Waals surface area (Å²) in [5.74, 6) is -0.171. The normalized spacial score (nSPS) is 15.9.